The maximum atomic E-state index is 12.9. The lowest BCUT2D eigenvalue weighted by atomic mass is 9.89. The van der Waals surface area contributed by atoms with E-state index in [4.69, 9.17) is 4.74 Å². The van der Waals surface area contributed by atoms with Gasteiger partial charge >= 0.3 is 0 Å². The highest BCUT2D eigenvalue weighted by molar-refractivity contribution is 5.98. The van der Waals surface area contributed by atoms with E-state index in [1.165, 1.54) is 5.56 Å². The number of para-hydroxylation sites is 1. The lowest BCUT2D eigenvalue weighted by Gasteiger charge is -2.33. The topological polar surface area (TPSA) is 58.6 Å². The second-order valence-electron chi connectivity index (χ2n) is 5.64. The predicted octanol–water partition coefficient (Wildman–Crippen LogP) is 1.12. The Kier molecular flexibility index (Phi) is 3.92. The zero-order valence-electron chi connectivity index (χ0n) is 12.2. The molecule has 5 nitrogen and oxygen atoms in total. The Morgan fingerprint density at radius 1 is 1.38 bits per heavy atom. The summed E-state index contributed by atoms with van der Waals surface area (Å²) in [6, 6.07) is 7.79. The van der Waals surface area contributed by atoms with E-state index in [1.807, 2.05) is 23.1 Å². The second-order valence-corrected chi connectivity index (χ2v) is 5.64. The molecular weight excluding hydrogens is 268 g/mol. The summed E-state index contributed by atoms with van der Waals surface area (Å²) in [6.45, 7) is 1.10. The van der Waals surface area contributed by atoms with Gasteiger partial charge in [-0.1, -0.05) is 18.2 Å². The van der Waals surface area contributed by atoms with Crippen molar-refractivity contribution in [2.45, 2.75) is 25.3 Å². The lowest BCUT2D eigenvalue weighted by molar-refractivity contribution is -0.130. The number of nitrogens with one attached hydrogen (secondary N) is 1. The van der Waals surface area contributed by atoms with Gasteiger partial charge in [0.2, 0.25) is 11.8 Å². The summed E-state index contributed by atoms with van der Waals surface area (Å²) in [7, 11) is 1.59. The van der Waals surface area contributed by atoms with Gasteiger partial charge in [0.25, 0.3) is 0 Å². The zero-order valence-corrected chi connectivity index (χ0v) is 12.2. The number of amides is 2. The van der Waals surface area contributed by atoms with Gasteiger partial charge in [-0.3, -0.25) is 9.59 Å². The van der Waals surface area contributed by atoms with Gasteiger partial charge in [0.15, 0.2) is 0 Å². The molecule has 1 N–H and O–H groups in total. The molecule has 1 saturated heterocycles. The summed E-state index contributed by atoms with van der Waals surface area (Å²) in [5.41, 5.74) is 2.23. The third kappa shape index (κ3) is 2.65. The zero-order chi connectivity index (χ0) is 14.8. The van der Waals surface area contributed by atoms with Crippen LogP contribution in [0.25, 0.3) is 0 Å². The molecule has 5 heteroatoms. The number of nitrogens with zero attached hydrogens (tertiary/aromatic N) is 1. The van der Waals surface area contributed by atoms with Crippen LogP contribution in [0.4, 0.5) is 5.69 Å². The molecule has 0 saturated carbocycles. The largest absolute Gasteiger partial charge is 0.383 e. The molecule has 0 unspecified atom stereocenters. The van der Waals surface area contributed by atoms with Gasteiger partial charge in [0, 0.05) is 25.8 Å². The Balaban J connectivity index is 1.80. The van der Waals surface area contributed by atoms with E-state index in [-0.39, 0.29) is 23.8 Å². The first-order valence-corrected chi connectivity index (χ1v) is 7.38. The molecule has 1 aromatic rings. The monoisotopic (exact) mass is 288 g/mol. The van der Waals surface area contributed by atoms with E-state index in [2.05, 4.69) is 11.4 Å². The van der Waals surface area contributed by atoms with Crippen molar-refractivity contribution in [2.75, 3.05) is 25.2 Å². The number of carbonyl (C=O) groups excluding carboxylic acids is 2. The highest BCUT2D eigenvalue weighted by atomic mass is 16.5. The van der Waals surface area contributed by atoms with E-state index in [0.29, 0.717) is 19.4 Å². The first-order valence-electron chi connectivity index (χ1n) is 7.38. The molecule has 0 aliphatic carbocycles. The molecule has 0 radical (unpaired) electrons. The molecule has 2 aliphatic heterocycles. The minimum absolute atomic E-state index is 0.00271. The van der Waals surface area contributed by atoms with Crippen LogP contribution in [0.3, 0.4) is 0 Å². The van der Waals surface area contributed by atoms with Crippen LogP contribution in [-0.4, -0.2) is 38.1 Å². The highest BCUT2D eigenvalue weighted by Gasteiger charge is 2.38. The molecule has 1 fully saturated rings. The Bertz CT molecular complexity index is 558. The molecule has 1 aromatic carbocycles. The number of piperidine rings is 1. The number of benzene rings is 1. The van der Waals surface area contributed by atoms with Crippen molar-refractivity contribution in [3.63, 3.8) is 0 Å². The molecule has 112 valence electrons. The average molecular weight is 288 g/mol. The van der Waals surface area contributed by atoms with Gasteiger partial charge in [0.05, 0.1) is 18.6 Å². The van der Waals surface area contributed by atoms with Crippen molar-refractivity contribution < 1.29 is 14.3 Å². The molecule has 21 heavy (non-hydrogen) atoms. The van der Waals surface area contributed by atoms with Gasteiger partial charge in [-0.2, -0.15) is 0 Å². The molecule has 2 atom stereocenters. The summed E-state index contributed by atoms with van der Waals surface area (Å²) in [5, 5.41) is 2.88. The van der Waals surface area contributed by atoms with Crippen LogP contribution in [0.2, 0.25) is 0 Å². The molecule has 2 heterocycles. The van der Waals surface area contributed by atoms with Crippen LogP contribution in [0.5, 0.6) is 0 Å². The van der Waals surface area contributed by atoms with Crippen LogP contribution in [0.1, 0.15) is 18.4 Å². The number of anilines is 1. The fourth-order valence-electron chi connectivity index (χ4n) is 3.27. The predicted molar refractivity (Wildman–Crippen MR) is 79.0 cm³/mol. The molecule has 0 aromatic heterocycles. The normalized spacial score (nSPS) is 24.6. The molecule has 0 spiro atoms. The van der Waals surface area contributed by atoms with E-state index >= 15 is 0 Å². The van der Waals surface area contributed by atoms with Crippen LogP contribution < -0.4 is 10.2 Å². The van der Waals surface area contributed by atoms with E-state index in [9.17, 15) is 9.59 Å². The summed E-state index contributed by atoms with van der Waals surface area (Å²) < 4.78 is 5.16. The minimum atomic E-state index is -0.225. The Labute approximate surface area is 124 Å². The van der Waals surface area contributed by atoms with Gasteiger partial charge in [0.1, 0.15) is 0 Å². The standard InChI is InChI=1S/C16H20N2O3/c1-21-10-13-12(6-7-15(19)17-13)16(20)18-9-8-11-4-2-3-5-14(11)18/h2-5,12-13H,6-10H2,1H3,(H,17,19)/t12-,13-/m1/s1. The molecule has 0 bridgehead atoms. The maximum Gasteiger partial charge on any atom is 0.232 e. The molecule has 2 aliphatic rings. The second kappa shape index (κ2) is 5.85. The SMILES string of the molecule is COC[C@H]1NC(=O)CC[C@H]1C(=O)N1CCc2ccccc21. The Hall–Kier alpha value is -1.88. The summed E-state index contributed by atoms with van der Waals surface area (Å²) in [5.74, 6) is -0.0984. The van der Waals surface area contributed by atoms with Crippen molar-refractivity contribution in [1.29, 1.82) is 0 Å². The smallest absolute Gasteiger partial charge is 0.232 e. The number of fused-ring (bicyclic) bond motifs is 1. The lowest BCUT2D eigenvalue weighted by Crippen LogP contribution is -2.53. The molecule has 2 amide bonds. The Morgan fingerprint density at radius 3 is 3.00 bits per heavy atom. The maximum absolute atomic E-state index is 12.9. The van der Waals surface area contributed by atoms with Gasteiger partial charge < -0.3 is 15.0 Å². The number of carbonyl (C=O) groups is 2. The van der Waals surface area contributed by atoms with Crippen LogP contribution in [0.15, 0.2) is 24.3 Å². The first kappa shape index (κ1) is 14.1. The van der Waals surface area contributed by atoms with Crippen molar-refractivity contribution in [1.82, 2.24) is 5.32 Å². The number of ether oxygens (including phenoxy) is 1. The number of methoxy groups -OCH3 is 1. The average Bonchev–Trinajstić information content (AvgIpc) is 2.91. The van der Waals surface area contributed by atoms with Gasteiger partial charge in [-0.05, 0) is 24.5 Å². The summed E-state index contributed by atoms with van der Waals surface area (Å²) >= 11 is 0. The summed E-state index contributed by atoms with van der Waals surface area (Å²) in [4.78, 5) is 26.3. The van der Waals surface area contributed by atoms with E-state index in [1.54, 1.807) is 7.11 Å². The number of rotatable bonds is 3. The first-order chi connectivity index (χ1) is 10.2. The van der Waals surface area contributed by atoms with Crippen LogP contribution >= 0.6 is 0 Å². The van der Waals surface area contributed by atoms with Crippen LogP contribution in [-0.2, 0) is 20.7 Å². The van der Waals surface area contributed by atoms with Crippen LogP contribution in [0, 0.1) is 5.92 Å². The quantitative estimate of drug-likeness (QED) is 0.906. The van der Waals surface area contributed by atoms with Gasteiger partial charge in [-0.25, -0.2) is 0 Å². The van der Waals surface area contributed by atoms with E-state index in [0.717, 1.165) is 18.7 Å². The van der Waals surface area contributed by atoms with Gasteiger partial charge in [-0.15, -0.1) is 0 Å². The summed E-state index contributed by atoms with van der Waals surface area (Å²) in [6.07, 6.45) is 1.90. The fraction of sp³-hybridized carbons (Fsp3) is 0.500. The van der Waals surface area contributed by atoms with Crippen molar-refractivity contribution in [3.8, 4) is 0 Å². The molecular formula is C16H20N2O3. The number of hydrogen-bond donors (Lipinski definition) is 1. The minimum Gasteiger partial charge on any atom is -0.383 e. The fourth-order valence-corrected chi connectivity index (χ4v) is 3.27. The van der Waals surface area contributed by atoms with Crippen molar-refractivity contribution in [2.24, 2.45) is 5.92 Å². The van der Waals surface area contributed by atoms with Crippen molar-refractivity contribution in [3.05, 3.63) is 29.8 Å². The van der Waals surface area contributed by atoms with E-state index < -0.39 is 0 Å². The highest BCUT2D eigenvalue weighted by Crippen LogP contribution is 2.31. The molecule has 3 rings (SSSR count). The number of hydrogen-bond acceptors (Lipinski definition) is 3. The third-order valence-corrected chi connectivity index (χ3v) is 4.33. The third-order valence-electron chi connectivity index (χ3n) is 4.33. The Morgan fingerprint density at radius 2 is 2.19 bits per heavy atom. The van der Waals surface area contributed by atoms with Crippen molar-refractivity contribution >= 4 is 17.5 Å².